The Morgan fingerprint density at radius 2 is 1.40 bits per heavy atom. The molecule has 0 aliphatic carbocycles. The van der Waals surface area contributed by atoms with E-state index in [0.717, 1.165) is 16.3 Å². The van der Waals surface area contributed by atoms with E-state index in [1.165, 1.54) is 0 Å². The van der Waals surface area contributed by atoms with Crippen LogP contribution in [0.25, 0.3) is 10.8 Å². The molecule has 1 heterocycles. The molecule has 16 heteroatoms. The lowest BCUT2D eigenvalue weighted by Gasteiger charge is -2.26. The topological polar surface area (TPSA) is 288 Å². The van der Waals surface area contributed by atoms with E-state index in [1.807, 2.05) is 42.5 Å². The predicted octanol–water partition coefficient (Wildman–Crippen LogP) is -2.13. The van der Waals surface area contributed by atoms with Gasteiger partial charge in [-0.2, -0.15) is 0 Å². The van der Waals surface area contributed by atoms with Crippen LogP contribution >= 0.6 is 0 Å². The van der Waals surface area contributed by atoms with Gasteiger partial charge in [-0.25, -0.2) is 0 Å². The average Bonchev–Trinajstić information content (AvgIpc) is 3.01. The Bertz CT molecular complexity index is 1530. The lowest BCUT2D eigenvalue weighted by atomic mass is 9.99. The van der Waals surface area contributed by atoms with Crippen LogP contribution in [-0.2, 0) is 30.4 Å². The zero-order chi connectivity index (χ0) is 34.3. The molecular formula is C31H43N11O5. The van der Waals surface area contributed by atoms with Gasteiger partial charge < -0.3 is 49.9 Å². The number of amides is 5. The third kappa shape index (κ3) is 12.0. The number of nitrogens with one attached hydrogen (secondary N) is 4. The number of carbonyl (C=O) groups is 5. The molecule has 0 saturated carbocycles. The number of guanidine groups is 2. The zero-order valence-corrected chi connectivity index (χ0v) is 26.0. The molecule has 1 aliphatic heterocycles. The van der Waals surface area contributed by atoms with Crippen molar-refractivity contribution in [1.29, 1.82) is 0 Å². The van der Waals surface area contributed by atoms with Crippen molar-refractivity contribution in [3.8, 4) is 0 Å². The maximum absolute atomic E-state index is 13.7. The summed E-state index contributed by atoms with van der Waals surface area (Å²) in [5, 5.41) is 12.7. The molecule has 0 unspecified atom stereocenters. The van der Waals surface area contributed by atoms with E-state index >= 15 is 0 Å². The summed E-state index contributed by atoms with van der Waals surface area (Å²) >= 11 is 0. The monoisotopic (exact) mass is 649 g/mol. The standard InChI is InChI=1S/C31H43N11O5/c32-26(44)21-8-3-4-9-22(39-25(43)13-15-38-31(35)36)27(45)41-23(10-5-14-37-30(33)34)28(46)42-24(29(47)40-21)17-18-11-12-19-6-1-2-7-20(19)16-18/h1-4,6-7,11-12,16,21-24H,5,8-10,13-15,17H2,(H2,32,44)(H,39,43)(H,40,47)(H,41,45)(H,42,46)(H4,33,34,37)(H4,35,36,38)/b4-3-/t21-,22+,23+,24+/m1/s1. The lowest BCUT2D eigenvalue weighted by Crippen LogP contribution is -2.58. The van der Waals surface area contributed by atoms with Crippen LogP contribution in [0.5, 0.6) is 0 Å². The van der Waals surface area contributed by atoms with Gasteiger partial charge in [0, 0.05) is 19.4 Å². The van der Waals surface area contributed by atoms with E-state index < -0.39 is 53.7 Å². The van der Waals surface area contributed by atoms with Crippen molar-refractivity contribution in [2.75, 3.05) is 13.1 Å². The zero-order valence-electron chi connectivity index (χ0n) is 26.0. The summed E-state index contributed by atoms with van der Waals surface area (Å²) in [4.78, 5) is 73.4. The average molecular weight is 650 g/mol. The molecule has 14 N–H and O–H groups in total. The van der Waals surface area contributed by atoms with Crippen molar-refractivity contribution < 1.29 is 24.0 Å². The maximum atomic E-state index is 13.7. The predicted molar refractivity (Wildman–Crippen MR) is 178 cm³/mol. The normalized spacial score (nSPS) is 21.2. The maximum Gasteiger partial charge on any atom is 0.243 e. The Balaban J connectivity index is 1.93. The molecule has 0 bridgehead atoms. The molecule has 47 heavy (non-hydrogen) atoms. The van der Waals surface area contributed by atoms with Crippen molar-refractivity contribution in [2.24, 2.45) is 38.7 Å². The number of benzene rings is 2. The van der Waals surface area contributed by atoms with Gasteiger partial charge in [-0.3, -0.25) is 34.0 Å². The van der Waals surface area contributed by atoms with Crippen LogP contribution in [-0.4, -0.2) is 78.7 Å². The van der Waals surface area contributed by atoms with E-state index in [-0.39, 0.29) is 57.1 Å². The number of hydrogen-bond donors (Lipinski definition) is 9. The van der Waals surface area contributed by atoms with E-state index in [2.05, 4.69) is 31.3 Å². The summed E-state index contributed by atoms with van der Waals surface area (Å²) in [6, 6.07) is 8.87. The fourth-order valence-electron chi connectivity index (χ4n) is 4.90. The van der Waals surface area contributed by atoms with Gasteiger partial charge in [0.05, 0.1) is 6.54 Å². The summed E-state index contributed by atoms with van der Waals surface area (Å²) in [5.41, 5.74) is 27.8. The molecule has 2 aromatic carbocycles. The minimum atomic E-state index is -1.14. The Hall–Kier alpha value is -5.67. The van der Waals surface area contributed by atoms with Crippen molar-refractivity contribution in [3.05, 3.63) is 60.2 Å². The van der Waals surface area contributed by atoms with E-state index in [4.69, 9.17) is 28.7 Å². The summed E-state index contributed by atoms with van der Waals surface area (Å²) in [7, 11) is 0. The van der Waals surface area contributed by atoms with Crippen molar-refractivity contribution >= 4 is 52.2 Å². The summed E-state index contributed by atoms with van der Waals surface area (Å²) < 4.78 is 0. The van der Waals surface area contributed by atoms with Crippen LogP contribution in [0.1, 0.15) is 37.7 Å². The van der Waals surface area contributed by atoms with Gasteiger partial charge in [0.2, 0.25) is 29.5 Å². The molecule has 2 aromatic rings. The molecule has 3 rings (SSSR count). The quantitative estimate of drug-likeness (QED) is 0.0555. The van der Waals surface area contributed by atoms with Crippen LogP contribution < -0.4 is 49.9 Å². The van der Waals surface area contributed by atoms with E-state index in [0.29, 0.717) is 6.42 Å². The number of fused-ring (bicyclic) bond motifs is 1. The molecule has 5 amide bonds. The highest BCUT2D eigenvalue weighted by Crippen LogP contribution is 2.17. The van der Waals surface area contributed by atoms with Gasteiger partial charge in [0.1, 0.15) is 24.2 Å². The number of nitrogens with zero attached hydrogens (tertiary/aromatic N) is 2. The van der Waals surface area contributed by atoms with Crippen molar-refractivity contribution in [2.45, 2.75) is 62.7 Å². The molecule has 252 valence electrons. The molecule has 0 spiro atoms. The number of primary amides is 1. The van der Waals surface area contributed by atoms with Gasteiger partial charge in [0.15, 0.2) is 11.9 Å². The minimum Gasteiger partial charge on any atom is -0.370 e. The first kappa shape index (κ1) is 35.8. The van der Waals surface area contributed by atoms with Gasteiger partial charge in [0.25, 0.3) is 0 Å². The fourth-order valence-corrected chi connectivity index (χ4v) is 4.90. The van der Waals surface area contributed by atoms with Crippen molar-refractivity contribution in [1.82, 2.24) is 21.3 Å². The highest BCUT2D eigenvalue weighted by atomic mass is 16.2. The minimum absolute atomic E-state index is 0.00618. The van der Waals surface area contributed by atoms with Gasteiger partial charge in [-0.05, 0) is 42.0 Å². The first-order chi connectivity index (χ1) is 22.4. The number of rotatable bonds is 11. The summed E-state index contributed by atoms with van der Waals surface area (Å²) in [6.45, 7) is 0.184. The molecule has 0 fully saturated rings. The molecule has 0 saturated heterocycles. The van der Waals surface area contributed by atoms with E-state index in [9.17, 15) is 24.0 Å². The number of aliphatic imine (C=N–C) groups is 2. The Morgan fingerprint density at radius 3 is 2.11 bits per heavy atom. The SMILES string of the molecule is NC(=O)[C@H]1C/C=C\C[C@H](NC(=O)CCN=C(N)N)C(=O)N[C@@H](CCCN=C(N)N)C(=O)N[C@@H](Cc2ccc3ccccc3c2)C(=O)N1. The number of nitrogens with two attached hydrogens (primary N) is 5. The lowest BCUT2D eigenvalue weighted by molar-refractivity contribution is -0.134. The highest BCUT2D eigenvalue weighted by molar-refractivity contribution is 5.96. The van der Waals surface area contributed by atoms with Crippen LogP contribution in [0.4, 0.5) is 0 Å². The van der Waals surface area contributed by atoms with Crippen LogP contribution in [0.2, 0.25) is 0 Å². The Kier molecular flexibility index (Phi) is 13.5. The Morgan fingerprint density at radius 1 is 0.766 bits per heavy atom. The van der Waals surface area contributed by atoms with Crippen molar-refractivity contribution in [3.63, 3.8) is 0 Å². The Labute approximate surface area is 272 Å². The number of hydrogen-bond acceptors (Lipinski definition) is 7. The molecule has 4 atom stereocenters. The van der Waals surface area contributed by atoms with Gasteiger partial charge >= 0.3 is 0 Å². The molecule has 16 nitrogen and oxygen atoms in total. The van der Waals surface area contributed by atoms with Crippen LogP contribution in [0.15, 0.2) is 64.6 Å². The third-order valence-corrected chi connectivity index (χ3v) is 7.32. The number of carbonyl (C=O) groups excluding carboxylic acids is 5. The smallest absolute Gasteiger partial charge is 0.243 e. The summed E-state index contributed by atoms with van der Waals surface area (Å²) in [6.07, 6.45) is 3.56. The second-order valence-electron chi connectivity index (χ2n) is 11.0. The molecule has 0 aromatic heterocycles. The molecule has 1 aliphatic rings. The fraction of sp³-hybridized carbons (Fsp3) is 0.387. The first-order valence-electron chi connectivity index (χ1n) is 15.2. The van der Waals surface area contributed by atoms with Gasteiger partial charge in [-0.15, -0.1) is 0 Å². The largest absolute Gasteiger partial charge is 0.370 e. The van der Waals surface area contributed by atoms with Crippen LogP contribution in [0, 0.1) is 0 Å². The third-order valence-electron chi connectivity index (χ3n) is 7.32. The second-order valence-corrected chi connectivity index (χ2v) is 11.0. The molecule has 0 radical (unpaired) electrons. The highest BCUT2D eigenvalue weighted by Gasteiger charge is 2.31. The second kappa shape index (κ2) is 17.7. The van der Waals surface area contributed by atoms with Crippen LogP contribution in [0.3, 0.4) is 0 Å². The first-order valence-corrected chi connectivity index (χ1v) is 15.2. The van der Waals surface area contributed by atoms with Gasteiger partial charge in [-0.1, -0.05) is 54.6 Å². The van der Waals surface area contributed by atoms with E-state index in [1.54, 1.807) is 12.2 Å². The summed E-state index contributed by atoms with van der Waals surface area (Å²) in [5.74, 6) is -3.54. The molecular weight excluding hydrogens is 606 g/mol.